The maximum absolute atomic E-state index is 12.5. The minimum Gasteiger partial charge on any atom is -0.322 e. The van der Waals surface area contributed by atoms with Crippen LogP contribution in [-0.2, 0) is 0 Å². The van der Waals surface area contributed by atoms with E-state index >= 15 is 0 Å². The van der Waals surface area contributed by atoms with Gasteiger partial charge in [0.15, 0.2) is 0 Å². The van der Waals surface area contributed by atoms with Crippen molar-refractivity contribution in [3.05, 3.63) is 77.1 Å². The smallest absolute Gasteiger partial charge is 0.259 e. The molecule has 0 bridgehead atoms. The van der Waals surface area contributed by atoms with Crippen LogP contribution in [-0.4, -0.2) is 15.7 Å². The maximum Gasteiger partial charge on any atom is 0.259 e. The molecule has 23 heavy (non-hydrogen) atoms. The molecule has 0 aliphatic carbocycles. The van der Waals surface area contributed by atoms with E-state index in [2.05, 4.69) is 10.4 Å². The van der Waals surface area contributed by atoms with Crippen LogP contribution in [0.15, 0.2) is 54.7 Å². The van der Waals surface area contributed by atoms with Crippen LogP contribution in [0.3, 0.4) is 0 Å². The van der Waals surface area contributed by atoms with E-state index in [1.807, 2.05) is 69.3 Å². The molecule has 116 valence electrons. The van der Waals surface area contributed by atoms with Gasteiger partial charge in [-0.1, -0.05) is 35.4 Å². The lowest BCUT2D eigenvalue weighted by Crippen LogP contribution is -2.13. The Hall–Kier alpha value is -2.88. The second-order valence-corrected chi connectivity index (χ2v) is 5.71. The lowest BCUT2D eigenvalue weighted by molar-refractivity contribution is 0.102. The monoisotopic (exact) mass is 305 g/mol. The first kappa shape index (κ1) is 15.0. The van der Waals surface area contributed by atoms with Crippen molar-refractivity contribution >= 4 is 11.6 Å². The number of hydrogen-bond acceptors (Lipinski definition) is 2. The first-order chi connectivity index (χ1) is 11.0. The quantitative estimate of drug-likeness (QED) is 0.793. The number of amides is 1. The van der Waals surface area contributed by atoms with E-state index in [-0.39, 0.29) is 5.91 Å². The molecule has 4 heteroatoms. The molecule has 1 amide bonds. The van der Waals surface area contributed by atoms with Crippen LogP contribution in [0.25, 0.3) is 5.69 Å². The van der Waals surface area contributed by atoms with Crippen molar-refractivity contribution in [2.24, 2.45) is 0 Å². The van der Waals surface area contributed by atoms with E-state index in [1.54, 1.807) is 10.9 Å². The zero-order chi connectivity index (χ0) is 16.4. The summed E-state index contributed by atoms with van der Waals surface area (Å²) in [7, 11) is 0. The van der Waals surface area contributed by atoms with Gasteiger partial charge in [0.1, 0.15) is 0 Å². The van der Waals surface area contributed by atoms with Gasteiger partial charge in [0.2, 0.25) is 0 Å². The lowest BCUT2D eigenvalue weighted by atomic mass is 10.2. The predicted octanol–water partition coefficient (Wildman–Crippen LogP) is 4.05. The average molecular weight is 305 g/mol. The van der Waals surface area contributed by atoms with E-state index in [0.29, 0.717) is 5.56 Å². The average Bonchev–Trinajstić information content (AvgIpc) is 2.92. The van der Waals surface area contributed by atoms with Crippen molar-refractivity contribution in [3.8, 4) is 5.69 Å². The second-order valence-electron chi connectivity index (χ2n) is 5.71. The van der Waals surface area contributed by atoms with Crippen molar-refractivity contribution in [2.45, 2.75) is 20.8 Å². The summed E-state index contributed by atoms with van der Waals surface area (Å²) in [6.07, 6.45) is 1.61. The summed E-state index contributed by atoms with van der Waals surface area (Å²) in [5.74, 6) is -0.148. The molecule has 0 aliphatic heterocycles. The Morgan fingerprint density at radius 1 is 0.913 bits per heavy atom. The summed E-state index contributed by atoms with van der Waals surface area (Å²) in [6.45, 7) is 5.96. The van der Waals surface area contributed by atoms with E-state index in [4.69, 9.17) is 0 Å². The molecule has 3 rings (SSSR count). The summed E-state index contributed by atoms with van der Waals surface area (Å²) in [5.41, 5.74) is 5.47. The number of rotatable bonds is 3. The molecule has 0 radical (unpaired) electrons. The lowest BCUT2D eigenvalue weighted by Gasteiger charge is -2.07. The Labute approximate surface area is 135 Å². The largest absolute Gasteiger partial charge is 0.322 e. The third-order valence-electron chi connectivity index (χ3n) is 3.84. The summed E-state index contributed by atoms with van der Waals surface area (Å²) in [4.78, 5) is 12.5. The molecule has 1 N–H and O–H groups in total. The number of aryl methyl sites for hydroxylation is 2. The number of aromatic nitrogens is 2. The number of nitrogens with one attached hydrogen (secondary N) is 1. The van der Waals surface area contributed by atoms with Crippen LogP contribution in [0.4, 0.5) is 5.69 Å². The summed E-state index contributed by atoms with van der Waals surface area (Å²) < 4.78 is 1.78. The highest BCUT2D eigenvalue weighted by Gasteiger charge is 2.15. The fourth-order valence-electron chi connectivity index (χ4n) is 2.41. The molecule has 2 aromatic carbocycles. The molecule has 3 aromatic rings. The first-order valence-corrected chi connectivity index (χ1v) is 7.54. The van der Waals surface area contributed by atoms with E-state index < -0.39 is 0 Å². The Balaban J connectivity index is 1.85. The van der Waals surface area contributed by atoms with Gasteiger partial charge in [-0.05, 0) is 45.0 Å². The highest BCUT2D eigenvalue weighted by molar-refractivity contribution is 6.04. The minimum atomic E-state index is -0.148. The Morgan fingerprint density at radius 2 is 1.48 bits per heavy atom. The third kappa shape index (κ3) is 3.16. The molecule has 0 saturated carbocycles. The minimum absolute atomic E-state index is 0.148. The number of anilines is 1. The fraction of sp³-hybridized carbons (Fsp3) is 0.158. The van der Waals surface area contributed by atoms with Crippen molar-refractivity contribution in [2.75, 3.05) is 5.32 Å². The van der Waals surface area contributed by atoms with Crippen LogP contribution in [0.1, 0.15) is 27.2 Å². The standard InChI is InChI=1S/C19H19N3O/c1-13-4-8-16(9-5-13)21-19(23)18-12-20-22(15(18)3)17-10-6-14(2)7-11-17/h4-12H,1-3H3,(H,21,23). The van der Waals surface area contributed by atoms with Gasteiger partial charge in [-0.3, -0.25) is 4.79 Å². The molecule has 0 atom stereocenters. The summed E-state index contributed by atoms with van der Waals surface area (Å²) >= 11 is 0. The Morgan fingerprint density at radius 3 is 2.09 bits per heavy atom. The van der Waals surface area contributed by atoms with Crippen LogP contribution in [0, 0.1) is 20.8 Å². The Bertz CT molecular complexity index is 830. The van der Waals surface area contributed by atoms with E-state index in [1.165, 1.54) is 5.56 Å². The van der Waals surface area contributed by atoms with E-state index in [0.717, 1.165) is 22.6 Å². The summed E-state index contributed by atoms with van der Waals surface area (Å²) in [6, 6.07) is 15.8. The zero-order valence-electron chi connectivity index (χ0n) is 13.5. The summed E-state index contributed by atoms with van der Waals surface area (Å²) in [5, 5.41) is 7.26. The molecule has 1 heterocycles. The van der Waals surface area contributed by atoms with Crippen LogP contribution in [0.5, 0.6) is 0 Å². The van der Waals surface area contributed by atoms with Gasteiger partial charge < -0.3 is 5.32 Å². The number of benzene rings is 2. The second kappa shape index (κ2) is 6.08. The highest BCUT2D eigenvalue weighted by Crippen LogP contribution is 2.17. The molecule has 0 aliphatic rings. The van der Waals surface area contributed by atoms with Crippen LogP contribution < -0.4 is 5.32 Å². The van der Waals surface area contributed by atoms with Gasteiger partial charge in [-0.25, -0.2) is 4.68 Å². The topological polar surface area (TPSA) is 46.9 Å². The van der Waals surface area contributed by atoms with Crippen LogP contribution >= 0.6 is 0 Å². The normalized spacial score (nSPS) is 10.6. The molecular weight excluding hydrogens is 286 g/mol. The number of carbonyl (C=O) groups excluding carboxylic acids is 1. The van der Waals surface area contributed by atoms with Crippen LogP contribution in [0.2, 0.25) is 0 Å². The number of nitrogens with zero attached hydrogens (tertiary/aromatic N) is 2. The molecule has 0 unspecified atom stereocenters. The van der Waals surface area contributed by atoms with Crippen molar-refractivity contribution in [1.29, 1.82) is 0 Å². The number of hydrogen-bond donors (Lipinski definition) is 1. The van der Waals surface area contributed by atoms with Crippen molar-refractivity contribution in [3.63, 3.8) is 0 Å². The van der Waals surface area contributed by atoms with Gasteiger partial charge in [0.25, 0.3) is 5.91 Å². The van der Waals surface area contributed by atoms with Crippen molar-refractivity contribution < 1.29 is 4.79 Å². The maximum atomic E-state index is 12.5. The zero-order valence-corrected chi connectivity index (χ0v) is 13.5. The van der Waals surface area contributed by atoms with E-state index in [9.17, 15) is 4.79 Å². The highest BCUT2D eigenvalue weighted by atomic mass is 16.1. The van der Waals surface area contributed by atoms with Gasteiger partial charge in [-0.15, -0.1) is 0 Å². The van der Waals surface area contributed by atoms with Gasteiger partial charge >= 0.3 is 0 Å². The third-order valence-corrected chi connectivity index (χ3v) is 3.84. The molecule has 0 saturated heterocycles. The van der Waals surface area contributed by atoms with Gasteiger partial charge in [-0.2, -0.15) is 5.10 Å². The molecule has 4 nitrogen and oxygen atoms in total. The van der Waals surface area contributed by atoms with Gasteiger partial charge in [0.05, 0.1) is 23.1 Å². The number of carbonyl (C=O) groups is 1. The fourth-order valence-corrected chi connectivity index (χ4v) is 2.41. The first-order valence-electron chi connectivity index (χ1n) is 7.54. The molecule has 0 spiro atoms. The predicted molar refractivity (Wildman–Crippen MR) is 92.2 cm³/mol. The molecule has 0 fully saturated rings. The molecular formula is C19H19N3O. The molecule has 1 aromatic heterocycles. The SMILES string of the molecule is Cc1ccc(NC(=O)c2cnn(-c3ccc(C)cc3)c2C)cc1. The van der Waals surface area contributed by atoms with Gasteiger partial charge in [0, 0.05) is 5.69 Å². The van der Waals surface area contributed by atoms with Crippen molar-refractivity contribution in [1.82, 2.24) is 9.78 Å². The Kier molecular flexibility index (Phi) is 3.98.